The van der Waals surface area contributed by atoms with Gasteiger partial charge < -0.3 is 19.1 Å². The zero-order valence-electron chi connectivity index (χ0n) is 20.4. The summed E-state index contributed by atoms with van der Waals surface area (Å²) in [7, 11) is 3.36. The fraction of sp³-hybridized carbons (Fsp3) is 0.333. The molecule has 0 heterocycles. The molecular weight excluding hydrogens is 422 g/mol. The van der Waals surface area contributed by atoms with Gasteiger partial charge in [0.1, 0.15) is 5.75 Å². The Bertz CT molecular complexity index is 896. The monoisotopic (exact) mass is 459 g/mol. The number of aryl methyl sites for hydroxylation is 1. The predicted molar refractivity (Wildman–Crippen MR) is 139 cm³/mol. The molecule has 0 fully saturated rings. The summed E-state index contributed by atoms with van der Waals surface area (Å²) in [5.74, 6) is 0.911. The Balaban J connectivity index is 1.43. The lowest BCUT2D eigenvalue weighted by atomic mass is 10.1. The molecule has 34 heavy (non-hydrogen) atoms. The molecule has 0 saturated heterocycles. The van der Waals surface area contributed by atoms with Crippen LogP contribution in [0.4, 0.5) is 0 Å². The highest BCUT2D eigenvalue weighted by atomic mass is 16.7. The molecule has 3 aromatic carbocycles. The van der Waals surface area contributed by atoms with Crippen molar-refractivity contribution in [1.29, 1.82) is 0 Å². The van der Waals surface area contributed by atoms with Crippen LogP contribution in [0.25, 0.3) is 0 Å². The SMILES string of the molecule is COC(CCCc1ccc(OCC/C=C/N(Cc2ccccc2)Cc2ccccc2)cc1)OC. The molecule has 0 N–H and O–H groups in total. The first-order valence-corrected chi connectivity index (χ1v) is 12.0. The lowest BCUT2D eigenvalue weighted by Gasteiger charge is -2.21. The third-order valence-electron chi connectivity index (χ3n) is 5.68. The second-order valence-corrected chi connectivity index (χ2v) is 8.34. The van der Waals surface area contributed by atoms with Crippen molar-refractivity contribution >= 4 is 0 Å². The number of methoxy groups -OCH3 is 2. The smallest absolute Gasteiger partial charge is 0.156 e. The van der Waals surface area contributed by atoms with E-state index in [1.807, 2.05) is 0 Å². The molecule has 0 bridgehead atoms. The van der Waals surface area contributed by atoms with E-state index in [-0.39, 0.29) is 6.29 Å². The van der Waals surface area contributed by atoms with Crippen molar-refractivity contribution in [2.45, 2.75) is 45.1 Å². The molecule has 4 nitrogen and oxygen atoms in total. The minimum atomic E-state index is -0.119. The molecule has 0 saturated carbocycles. The van der Waals surface area contributed by atoms with Gasteiger partial charge in [0.15, 0.2) is 6.29 Å². The van der Waals surface area contributed by atoms with Gasteiger partial charge in [0.2, 0.25) is 0 Å². The Hall–Kier alpha value is -3.08. The van der Waals surface area contributed by atoms with Crippen LogP contribution < -0.4 is 4.74 Å². The van der Waals surface area contributed by atoms with Gasteiger partial charge >= 0.3 is 0 Å². The molecular formula is C30H37NO3. The highest BCUT2D eigenvalue weighted by molar-refractivity contribution is 5.27. The first-order chi connectivity index (χ1) is 16.8. The summed E-state index contributed by atoms with van der Waals surface area (Å²) in [4.78, 5) is 2.34. The Labute approximate surface area is 204 Å². The lowest BCUT2D eigenvalue weighted by molar-refractivity contribution is -0.106. The van der Waals surface area contributed by atoms with E-state index in [0.29, 0.717) is 6.61 Å². The molecule has 0 spiro atoms. The summed E-state index contributed by atoms with van der Waals surface area (Å²) in [6.45, 7) is 2.41. The van der Waals surface area contributed by atoms with Crippen LogP contribution in [0.2, 0.25) is 0 Å². The average molecular weight is 460 g/mol. The van der Waals surface area contributed by atoms with E-state index in [1.165, 1.54) is 16.7 Å². The Morgan fingerprint density at radius 1 is 0.735 bits per heavy atom. The minimum Gasteiger partial charge on any atom is -0.493 e. The normalized spacial score (nSPS) is 11.3. The molecule has 0 aliphatic heterocycles. The quantitative estimate of drug-likeness (QED) is 0.189. The van der Waals surface area contributed by atoms with E-state index in [9.17, 15) is 0 Å². The van der Waals surface area contributed by atoms with Crippen LogP contribution in [0.5, 0.6) is 5.75 Å². The summed E-state index contributed by atoms with van der Waals surface area (Å²) in [5.41, 5.74) is 3.91. The Morgan fingerprint density at radius 3 is 1.88 bits per heavy atom. The summed E-state index contributed by atoms with van der Waals surface area (Å²) in [5, 5.41) is 0. The predicted octanol–water partition coefficient (Wildman–Crippen LogP) is 6.61. The van der Waals surface area contributed by atoms with Gasteiger partial charge in [-0.2, -0.15) is 0 Å². The highest BCUT2D eigenvalue weighted by Gasteiger charge is 2.05. The van der Waals surface area contributed by atoms with E-state index < -0.39 is 0 Å². The van der Waals surface area contributed by atoms with Gasteiger partial charge in [0, 0.05) is 33.7 Å². The molecule has 0 radical (unpaired) electrons. The number of hydrogen-bond acceptors (Lipinski definition) is 4. The standard InChI is InChI=1S/C30H37NO3/c1-32-30(33-2)17-11-16-26-18-20-29(21-19-26)34-23-10-9-22-31(24-27-12-5-3-6-13-27)25-28-14-7-4-8-15-28/h3-9,12-15,18-22,30H,10-11,16-17,23-25H2,1-2H3/b22-9+. The number of benzene rings is 3. The third-order valence-corrected chi connectivity index (χ3v) is 5.68. The van der Waals surface area contributed by atoms with Gasteiger partial charge in [-0.3, -0.25) is 0 Å². The van der Waals surface area contributed by atoms with Gasteiger partial charge in [0.05, 0.1) is 6.61 Å². The second-order valence-electron chi connectivity index (χ2n) is 8.34. The lowest BCUT2D eigenvalue weighted by Crippen LogP contribution is -2.16. The molecule has 0 amide bonds. The van der Waals surface area contributed by atoms with Gasteiger partial charge in [-0.05, 0) is 54.3 Å². The van der Waals surface area contributed by atoms with E-state index in [1.54, 1.807) is 14.2 Å². The summed E-state index contributed by atoms with van der Waals surface area (Å²) in [6, 6.07) is 29.6. The first-order valence-electron chi connectivity index (χ1n) is 12.0. The minimum absolute atomic E-state index is 0.119. The Kier molecular flexibility index (Phi) is 11.2. The summed E-state index contributed by atoms with van der Waals surface area (Å²) >= 11 is 0. The molecule has 0 atom stereocenters. The fourth-order valence-corrected chi connectivity index (χ4v) is 3.82. The number of nitrogens with zero attached hydrogens (tertiary/aromatic N) is 1. The highest BCUT2D eigenvalue weighted by Crippen LogP contribution is 2.16. The maximum Gasteiger partial charge on any atom is 0.156 e. The van der Waals surface area contributed by atoms with E-state index in [2.05, 4.69) is 102 Å². The number of rotatable bonds is 15. The van der Waals surface area contributed by atoms with Crippen molar-refractivity contribution in [2.24, 2.45) is 0 Å². The molecule has 0 aromatic heterocycles. The van der Waals surface area contributed by atoms with Crippen LogP contribution >= 0.6 is 0 Å². The average Bonchev–Trinajstić information content (AvgIpc) is 2.88. The van der Waals surface area contributed by atoms with Crippen molar-refractivity contribution in [2.75, 3.05) is 20.8 Å². The van der Waals surface area contributed by atoms with Crippen molar-refractivity contribution in [3.05, 3.63) is 114 Å². The van der Waals surface area contributed by atoms with E-state index in [4.69, 9.17) is 14.2 Å². The van der Waals surface area contributed by atoms with Gasteiger partial charge in [-0.25, -0.2) is 0 Å². The van der Waals surface area contributed by atoms with Crippen LogP contribution in [0.3, 0.4) is 0 Å². The second kappa shape index (κ2) is 14.9. The van der Waals surface area contributed by atoms with Crippen LogP contribution in [0.15, 0.2) is 97.2 Å². The van der Waals surface area contributed by atoms with E-state index in [0.717, 1.165) is 44.5 Å². The molecule has 180 valence electrons. The largest absolute Gasteiger partial charge is 0.493 e. The zero-order chi connectivity index (χ0) is 23.8. The van der Waals surface area contributed by atoms with Crippen LogP contribution in [0.1, 0.15) is 36.0 Å². The topological polar surface area (TPSA) is 30.9 Å². The van der Waals surface area contributed by atoms with Crippen molar-refractivity contribution in [3.8, 4) is 5.75 Å². The molecule has 0 unspecified atom stereocenters. The Morgan fingerprint density at radius 2 is 1.32 bits per heavy atom. The maximum atomic E-state index is 5.95. The van der Waals surface area contributed by atoms with E-state index >= 15 is 0 Å². The zero-order valence-corrected chi connectivity index (χ0v) is 20.4. The summed E-state index contributed by atoms with van der Waals surface area (Å²) in [6.07, 6.45) is 8.06. The van der Waals surface area contributed by atoms with Crippen LogP contribution in [-0.4, -0.2) is 32.0 Å². The van der Waals surface area contributed by atoms with Gasteiger partial charge in [0.25, 0.3) is 0 Å². The van der Waals surface area contributed by atoms with Crippen LogP contribution in [-0.2, 0) is 29.0 Å². The molecule has 0 aliphatic carbocycles. The van der Waals surface area contributed by atoms with Crippen LogP contribution in [0, 0.1) is 0 Å². The van der Waals surface area contributed by atoms with Gasteiger partial charge in [-0.15, -0.1) is 0 Å². The molecule has 4 heteroatoms. The maximum absolute atomic E-state index is 5.95. The molecule has 0 aliphatic rings. The summed E-state index contributed by atoms with van der Waals surface area (Å²) < 4.78 is 16.4. The van der Waals surface area contributed by atoms with Crippen molar-refractivity contribution in [3.63, 3.8) is 0 Å². The van der Waals surface area contributed by atoms with Crippen molar-refractivity contribution in [1.82, 2.24) is 4.90 Å². The molecule has 3 aromatic rings. The number of hydrogen-bond donors (Lipinski definition) is 0. The first kappa shape index (κ1) is 25.5. The fourth-order valence-electron chi connectivity index (χ4n) is 3.82. The molecule has 3 rings (SSSR count). The number of ether oxygens (including phenoxy) is 3. The van der Waals surface area contributed by atoms with Gasteiger partial charge in [-0.1, -0.05) is 78.9 Å². The van der Waals surface area contributed by atoms with Crippen molar-refractivity contribution < 1.29 is 14.2 Å². The third kappa shape index (κ3) is 9.42.